The molecule has 2 aromatic rings. The van der Waals surface area contributed by atoms with Crippen LogP contribution in [0.5, 0.6) is 0 Å². The number of nitrogens with zero attached hydrogens (tertiary/aromatic N) is 2. The number of piperidine rings is 1. The van der Waals surface area contributed by atoms with E-state index in [1.165, 1.54) is 5.56 Å². The second kappa shape index (κ2) is 8.16. The predicted octanol–water partition coefficient (Wildman–Crippen LogP) is 3.65. The molecule has 5 nitrogen and oxygen atoms in total. The summed E-state index contributed by atoms with van der Waals surface area (Å²) in [5.74, 6) is 0.179. The fourth-order valence-corrected chi connectivity index (χ4v) is 3.76. The molecular formula is C19H23N3O2S. The van der Waals surface area contributed by atoms with Gasteiger partial charge in [-0.05, 0) is 47.4 Å². The summed E-state index contributed by atoms with van der Waals surface area (Å²) in [4.78, 5) is 28.5. The van der Waals surface area contributed by atoms with Crippen LogP contribution < -0.4 is 5.32 Å². The van der Waals surface area contributed by atoms with Crippen molar-refractivity contribution in [3.8, 4) is 0 Å². The van der Waals surface area contributed by atoms with Gasteiger partial charge in [0.05, 0.1) is 0 Å². The second-order valence-electron chi connectivity index (χ2n) is 6.38. The summed E-state index contributed by atoms with van der Waals surface area (Å²) in [6.45, 7) is 1.87. The minimum absolute atomic E-state index is 0.00408. The monoisotopic (exact) mass is 357 g/mol. The highest BCUT2D eigenvalue weighted by Gasteiger charge is 2.29. The number of carbonyl (C=O) groups excluding carboxylic acids is 2. The first-order chi connectivity index (χ1) is 12.1. The average Bonchev–Trinajstić information content (AvgIpc) is 3.15. The highest BCUT2D eigenvalue weighted by molar-refractivity contribution is 7.07. The van der Waals surface area contributed by atoms with Crippen LogP contribution in [-0.4, -0.2) is 41.9 Å². The van der Waals surface area contributed by atoms with Gasteiger partial charge in [0.1, 0.15) is 0 Å². The summed E-state index contributed by atoms with van der Waals surface area (Å²) < 4.78 is 0. The first-order valence-electron chi connectivity index (χ1n) is 8.50. The molecule has 1 fully saturated rings. The molecule has 2 heterocycles. The zero-order valence-corrected chi connectivity index (χ0v) is 15.2. The number of anilines is 1. The number of amides is 3. The van der Waals surface area contributed by atoms with Crippen molar-refractivity contribution in [2.45, 2.75) is 19.4 Å². The molecule has 0 spiro atoms. The average molecular weight is 357 g/mol. The Morgan fingerprint density at radius 1 is 1.20 bits per heavy atom. The van der Waals surface area contributed by atoms with Gasteiger partial charge in [-0.1, -0.05) is 18.2 Å². The molecule has 1 aromatic heterocycles. The van der Waals surface area contributed by atoms with E-state index in [1.807, 2.05) is 48.8 Å². The molecule has 3 amide bonds. The van der Waals surface area contributed by atoms with Crippen LogP contribution in [0.3, 0.4) is 0 Å². The van der Waals surface area contributed by atoms with Crippen molar-refractivity contribution >= 4 is 29.0 Å². The van der Waals surface area contributed by atoms with E-state index >= 15 is 0 Å². The maximum atomic E-state index is 12.6. The van der Waals surface area contributed by atoms with Gasteiger partial charge in [0, 0.05) is 38.3 Å². The molecule has 25 heavy (non-hydrogen) atoms. The Kier molecular flexibility index (Phi) is 5.71. The Morgan fingerprint density at radius 2 is 1.92 bits per heavy atom. The van der Waals surface area contributed by atoms with Gasteiger partial charge < -0.3 is 15.1 Å². The van der Waals surface area contributed by atoms with Crippen molar-refractivity contribution in [2.24, 2.45) is 5.92 Å². The quantitative estimate of drug-likeness (QED) is 0.908. The summed E-state index contributed by atoms with van der Waals surface area (Å²) in [5, 5.41) is 7.00. The van der Waals surface area contributed by atoms with Gasteiger partial charge in [-0.25, -0.2) is 4.79 Å². The van der Waals surface area contributed by atoms with Crippen molar-refractivity contribution < 1.29 is 9.59 Å². The summed E-state index contributed by atoms with van der Waals surface area (Å²) in [6, 6.07) is 11.4. The Bertz CT molecular complexity index is 695. The molecule has 0 saturated carbocycles. The minimum Gasteiger partial charge on any atom is -0.341 e. The zero-order chi connectivity index (χ0) is 17.6. The Morgan fingerprint density at radius 3 is 2.56 bits per heavy atom. The number of thiophene rings is 1. The van der Waals surface area contributed by atoms with Crippen LogP contribution in [0.2, 0.25) is 0 Å². The van der Waals surface area contributed by atoms with Crippen molar-refractivity contribution in [3.63, 3.8) is 0 Å². The lowest BCUT2D eigenvalue weighted by atomic mass is 9.95. The van der Waals surface area contributed by atoms with E-state index in [1.54, 1.807) is 21.1 Å². The third kappa shape index (κ3) is 4.60. The van der Waals surface area contributed by atoms with Gasteiger partial charge in [-0.2, -0.15) is 11.3 Å². The summed E-state index contributed by atoms with van der Waals surface area (Å²) in [7, 11) is 1.86. The van der Waals surface area contributed by atoms with E-state index in [-0.39, 0.29) is 17.9 Å². The molecular weight excluding hydrogens is 334 g/mol. The number of hydrogen-bond donors (Lipinski definition) is 1. The van der Waals surface area contributed by atoms with Crippen LogP contribution in [0.1, 0.15) is 18.4 Å². The van der Waals surface area contributed by atoms with E-state index in [9.17, 15) is 9.59 Å². The summed E-state index contributed by atoms with van der Waals surface area (Å²) in [5.41, 5.74) is 1.96. The lowest BCUT2D eigenvalue weighted by Crippen LogP contribution is -2.44. The molecule has 1 aromatic carbocycles. The molecule has 0 atom stereocenters. The number of rotatable bonds is 4. The van der Waals surface area contributed by atoms with Gasteiger partial charge in [0.25, 0.3) is 0 Å². The molecule has 3 rings (SSSR count). The molecule has 1 aliphatic heterocycles. The summed E-state index contributed by atoms with van der Waals surface area (Å²) >= 11 is 1.64. The van der Waals surface area contributed by atoms with Crippen LogP contribution in [-0.2, 0) is 11.3 Å². The number of hydrogen-bond acceptors (Lipinski definition) is 3. The highest BCUT2D eigenvalue weighted by Crippen LogP contribution is 2.21. The standard InChI is InChI=1S/C19H23N3O2S/c1-21(13-15-9-12-25-14-15)18(23)16-7-10-22(11-8-16)19(24)20-17-5-3-2-4-6-17/h2-6,9,12,14,16H,7-8,10-11,13H2,1H3,(H,20,24). The third-order valence-corrected chi connectivity index (χ3v) is 5.26. The van der Waals surface area contributed by atoms with Crippen LogP contribution in [0.15, 0.2) is 47.2 Å². The number of nitrogens with one attached hydrogen (secondary N) is 1. The zero-order valence-electron chi connectivity index (χ0n) is 14.4. The largest absolute Gasteiger partial charge is 0.341 e. The van der Waals surface area contributed by atoms with Gasteiger partial charge in [-0.15, -0.1) is 0 Å². The van der Waals surface area contributed by atoms with Crippen LogP contribution in [0.25, 0.3) is 0 Å². The predicted molar refractivity (Wildman–Crippen MR) is 101 cm³/mol. The fourth-order valence-electron chi connectivity index (χ4n) is 3.10. The van der Waals surface area contributed by atoms with E-state index in [4.69, 9.17) is 0 Å². The van der Waals surface area contributed by atoms with Crippen LogP contribution in [0.4, 0.5) is 10.5 Å². The fraction of sp³-hybridized carbons (Fsp3) is 0.368. The lowest BCUT2D eigenvalue weighted by Gasteiger charge is -2.33. The Hall–Kier alpha value is -2.34. The number of urea groups is 1. The maximum absolute atomic E-state index is 12.6. The Labute approximate surface area is 152 Å². The number of para-hydroxylation sites is 1. The number of carbonyl (C=O) groups is 2. The summed E-state index contributed by atoms with van der Waals surface area (Å²) in [6.07, 6.45) is 1.43. The molecule has 0 radical (unpaired) electrons. The van der Waals surface area contributed by atoms with Crippen molar-refractivity contribution in [1.82, 2.24) is 9.80 Å². The van der Waals surface area contributed by atoms with Crippen LogP contribution in [0, 0.1) is 5.92 Å². The lowest BCUT2D eigenvalue weighted by molar-refractivity contribution is -0.136. The molecule has 132 valence electrons. The molecule has 1 N–H and O–H groups in total. The first-order valence-corrected chi connectivity index (χ1v) is 9.45. The SMILES string of the molecule is CN(Cc1ccsc1)C(=O)C1CCN(C(=O)Nc2ccccc2)CC1. The number of likely N-dealkylation sites (tertiary alicyclic amines) is 1. The van der Waals surface area contributed by atoms with E-state index in [0.29, 0.717) is 19.6 Å². The minimum atomic E-state index is -0.0938. The van der Waals surface area contributed by atoms with E-state index in [2.05, 4.69) is 10.7 Å². The first kappa shape index (κ1) is 17.5. The van der Waals surface area contributed by atoms with Gasteiger partial charge in [0.15, 0.2) is 0 Å². The molecule has 1 saturated heterocycles. The molecule has 6 heteroatoms. The van der Waals surface area contributed by atoms with Crippen LogP contribution >= 0.6 is 11.3 Å². The van der Waals surface area contributed by atoms with Crippen molar-refractivity contribution in [2.75, 3.05) is 25.5 Å². The topological polar surface area (TPSA) is 52.7 Å². The van der Waals surface area contributed by atoms with E-state index < -0.39 is 0 Å². The van der Waals surface area contributed by atoms with Gasteiger partial charge in [-0.3, -0.25) is 4.79 Å². The van der Waals surface area contributed by atoms with Gasteiger partial charge in [0.2, 0.25) is 5.91 Å². The highest BCUT2D eigenvalue weighted by atomic mass is 32.1. The van der Waals surface area contributed by atoms with Gasteiger partial charge >= 0.3 is 6.03 Å². The normalized spacial score (nSPS) is 15.0. The third-order valence-electron chi connectivity index (χ3n) is 4.53. The molecule has 0 aliphatic carbocycles. The molecule has 0 unspecified atom stereocenters. The Balaban J connectivity index is 1.47. The van der Waals surface area contributed by atoms with Crippen molar-refractivity contribution in [1.29, 1.82) is 0 Å². The number of benzene rings is 1. The maximum Gasteiger partial charge on any atom is 0.321 e. The smallest absolute Gasteiger partial charge is 0.321 e. The second-order valence-corrected chi connectivity index (χ2v) is 7.16. The van der Waals surface area contributed by atoms with Crippen molar-refractivity contribution in [3.05, 3.63) is 52.7 Å². The molecule has 0 bridgehead atoms. The van der Waals surface area contributed by atoms with E-state index in [0.717, 1.165) is 18.5 Å². The molecule has 1 aliphatic rings.